The van der Waals surface area contributed by atoms with E-state index in [-0.39, 0.29) is 16.7 Å². The number of imide groups is 1. The predicted molar refractivity (Wildman–Crippen MR) is 88.5 cm³/mol. The number of carbonyl (C=O) groups excluding carboxylic acids is 4. The zero-order chi connectivity index (χ0) is 18.1. The van der Waals surface area contributed by atoms with Gasteiger partial charge in [0.25, 0.3) is 17.7 Å². The lowest BCUT2D eigenvalue weighted by Gasteiger charge is -2.13. The Labute approximate surface area is 146 Å². The van der Waals surface area contributed by atoms with E-state index in [2.05, 4.69) is 0 Å². The Morgan fingerprint density at radius 2 is 1.64 bits per heavy atom. The maximum atomic E-state index is 12.6. The minimum absolute atomic E-state index is 0.0408. The molecule has 1 aliphatic heterocycles. The molecule has 0 bridgehead atoms. The van der Waals surface area contributed by atoms with Crippen LogP contribution in [0.1, 0.15) is 31.1 Å². The third-order valence-electron chi connectivity index (χ3n) is 3.55. The molecule has 2 N–H and O–H groups in total. The van der Waals surface area contributed by atoms with E-state index in [1.54, 1.807) is 24.3 Å². The molecule has 1 aliphatic rings. The molecule has 0 saturated heterocycles. The molecule has 25 heavy (non-hydrogen) atoms. The molecule has 0 unspecified atom stereocenters. The largest absolute Gasteiger partial charge is 0.452 e. The monoisotopic (exact) mass is 358 g/mol. The normalized spacial score (nSPS) is 12.9. The van der Waals surface area contributed by atoms with Crippen molar-refractivity contribution in [3.05, 3.63) is 64.2 Å². The first-order valence-corrected chi connectivity index (χ1v) is 7.50. The summed E-state index contributed by atoms with van der Waals surface area (Å²) in [6.45, 7) is -0.570. The number of ether oxygens (including phenoxy) is 1. The number of halogens is 1. The summed E-state index contributed by atoms with van der Waals surface area (Å²) in [6, 6.07) is 10.2. The van der Waals surface area contributed by atoms with Crippen molar-refractivity contribution in [2.24, 2.45) is 5.73 Å². The molecule has 2 aromatic carbocycles. The van der Waals surface area contributed by atoms with Crippen LogP contribution in [0.5, 0.6) is 0 Å². The molecule has 0 spiro atoms. The molecule has 0 aliphatic carbocycles. The number of nitrogens with two attached hydrogens (primary N) is 1. The first-order chi connectivity index (χ1) is 11.9. The van der Waals surface area contributed by atoms with Gasteiger partial charge in [0, 0.05) is 5.02 Å². The highest BCUT2D eigenvalue weighted by Crippen LogP contribution is 2.29. The second-order valence-electron chi connectivity index (χ2n) is 5.22. The highest BCUT2D eigenvalue weighted by Gasteiger charge is 2.37. The zero-order valence-electron chi connectivity index (χ0n) is 12.7. The second-order valence-corrected chi connectivity index (χ2v) is 5.66. The molecular formula is C17H11ClN2O5. The number of anilines is 1. The summed E-state index contributed by atoms with van der Waals surface area (Å²) in [5.41, 5.74) is 5.57. The SMILES string of the molecule is NC(=O)COC(=O)c1ccc2c(c1)C(=O)N(c1ccc(Cl)cc1)C2=O. The zero-order valence-corrected chi connectivity index (χ0v) is 13.4. The molecule has 126 valence electrons. The third-order valence-corrected chi connectivity index (χ3v) is 3.80. The van der Waals surface area contributed by atoms with E-state index in [4.69, 9.17) is 22.1 Å². The Morgan fingerprint density at radius 3 is 2.28 bits per heavy atom. The summed E-state index contributed by atoms with van der Waals surface area (Å²) in [6.07, 6.45) is 0. The van der Waals surface area contributed by atoms with Crippen molar-refractivity contribution < 1.29 is 23.9 Å². The summed E-state index contributed by atoms with van der Waals surface area (Å²) in [4.78, 5) is 48.6. The van der Waals surface area contributed by atoms with Gasteiger partial charge >= 0.3 is 5.97 Å². The van der Waals surface area contributed by atoms with E-state index in [0.29, 0.717) is 10.7 Å². The van der Waals surface area contributed by atoms with Crippen LogP contribution in [0.3, 0.4) is 0 Å². The lowest BCUT2D eigenvalue weighted by Crippen LogP contribution is -2.29. The van der Waals surface area contributed by atoms with Gasteiger partial charge in [-0.3, -0.25) is 14.4 Å². The molecule has 2 aromatic rings. The van der Waals surface area contributed by atoms with Crippen LogP contribution >= 0.6 is 11.6 Å². The fourth-order valence-corrected chi connectivity index (χ4v) is 2.54. The van der Waals surface area contributed by atoms with E-state index in [0.717, 1.165) is 4.90 Å². The smallest absolute Gasteiger partial charge is 0.338 e. The molecule has 0 atom stereocenters. The highest BCUT2D eigenvalue weighted by molar-refractivity contribution is 6.35. The van der Waals surface area contributed by atoms with Crippen LogP contribution in [0.15, 0.2) is 42.5 Å². The number of esters is 1. The van der Waals surface area contributed by atoms with Crippen molar-refractivity contribution in [2.45, 2.75) is 0 Å². The van der Waals surface area contributed by atoms with Crippen molar-refractivity contribution in [3.8, 4) is 0 Å². The van der Waals surface area contributed by atoms with Crippen molar-refractivity contribution in [2.75, 3.05) is 11.5 Å². The van der Waals surface area contributed by atoms with Crippen molar-refractivity contribution in [1.29, 1.82) is 0 Å². The average molecular weight is 359 g/mol. The lowest BCUT2D eigenvalue weighted by atomic mass is 10.1. The molecule has 8 heteroatoms. The predicted octanol–water partition coefficient (Wildman–Crippen LogP) is 1.78. The minimum Gasteiger partial charge on any atom is -0.452 e. The Morgan fingerprint density at radius 1 is 1.00 bits per heavy atom. The molecule has 0 radical (unpaired) electrons. The molecule has 3 amide bonds. The molecule has 0 saturated carbocycles. The number of rotatable bonds is 4. The molecule has 0 fully saturated rings. The maximum Gasteiger partial charge on any atom is 0.338 e. The number of carbonyl (C=O) groups is 4. The van der Waals surface area contributed by atoms with Gasteiger partial charge < -0.3 is 10.5 Å². The highest BCUT2D eigenvalue weighted by atomic mass is 35.5. The van der Waals surface area contributed by atoms with Crippen LogP contribution in [0.25, 0.3) is 0 Å². The van der Waals surface area contributed by atoms with Gasteiger partial charge in [-0.2, -0.15) is 0 Å². The van der Waals surface area contributed by atoms with Gasteiger partial charge in [-0.25, -0.2) is 9.69 Å². The van der Waals surface area contributed by atoms with Gasteiger partial charge in [0.15, 0.2) is 6.61 Å². The fourth-order valence-electron chi connectivity index (χ4n) is 2.41. The Balaban J connectivity index is 1.91. The summed E-state index contributed by atoms with van der Waals surface area (Å²) in [5, 5.41) is 0.472. The summed E-state index contributed by atoms with van der Waals surface area (Å²) in [7, 11) is 0. The molecule has 0 aromatic heterocycles. The molecule has 1 heterocycles. The van der Waals surface area contributed by atoms with Crippen LogP contribution in [0.4, 0.5) is 5.69 Å². The maximum absolute atomic E-state index is 12.6. The number of hydrogen-bond donors (Lipinski definition) is 1. The van der Waals surface area contributed by atoms with Crippen molar-refractivity contribution in [1.82, 2.24) is 0 Å². The number of fused-ring (bicyclic) bond motifs is 1. The van der Waals surface area contributed by atoms with Gasteiger partial charge in [0.2, 0.25) is 0 Å². The van der Waals surface area contributed by atoms with Gasteiger partial charge in [0.05, 0.1) is 22.4 Å². The van der Waals surface area contributed by atoms with E-state index in [1.165, 1.54) is 18.2 Å². The number of benzene rings is 2. The van der Waals surface area contributed by atoms with E-state index >= 15 is 0 Å². The van der Waals surface area contributed by atoms with Gasteiger partial charge in [-0.15, -0.1) is 0 Å². The van der Waals surface area contributed by atoms with Crippen LogP contribution in [-0.2, 0) is 9.53 Å². The van der Waals surface area contributed by atoms with E-state index < -0.39 is 30.3 Å². The summed E-state index contributed by atoms with van der Waals surface area (Å²) >= 11 is 5.82. The number of hydrogen-bond acceptors (Lipinski definition) is 5. The van der Waals surface area contributed by atoms with Crippen molar-refractivity contribution in [3.63, 3.8) is 0 Å². The average Bonchev–Trinajstić information content (AvgIpc) is 2.84. The number of amides is 3. The molecule has 7 nitrogen and oxygen atoms in total. The number of primary amides is 1. The molecular weight excluding hydrogens is 348 g/mol. The summed E-state index contributed by atoms with van der Waals surface area (Å²) < 4.78 is 4.70. The van der Waals surface area contributed by atoms with E-state index in [1.807, 2.05) is 0 Å². The minimum atomic E-state index is -0.813. The Hall–Kier alpha value is -3.19. The van der Waals surface area contributed by atoms with E-state index in [9.17, 15) is 19.2 Å². The molecule has 3 rings (SSSR count). The number of nitrogens with zero attached hydrogens (tertiary/aromatic N) is 1. The van der Waals surface area contributed by atoms with Gasteiger partial charge in [-0.05, 0) is 42.5 Å². The van der Waals surface area contributed by atoms with Crippen LogP contribution in [-0.4, -0.2) is 30.3 Å². The van der Waals surface area contributed by atoms with Gasteiger partial charge in [-0.1, -0.05) is 11.6 Å². The van der Waals surface area contributed by atoms with Crippen molar-refractivity contribution >= 4 is 41.0 Å². The standard InChI is InChI=1S/C17H11ClN2O5/c18-10-2-4-11(5-3-10)20-15(22)12-6-1-9(7-13(12)16(20)23)17(24)25-8-14(19)21/h1-7H,8H2,(H2,19,21). The fraction of sp³-hybridized carbons (Fsp3) is 0.0588. The topological polar surface area (TPSA) is 107 Å². The Kier molecular flexibility index (Phi) is 4.24. The third kappa shape index (κ3) is 3.09. The van der Waals surface area contributed by atoms with Crippen LogP contribution in [0.2, 0.25) is 5.02 Å². The second kappa shape index (κ2) is 6.37. The van der Waals surface area contributed by atoms with Crippen LogP contribution in [0, 0.1) is 0 Å². The lowest BCUT2D eigenvalue weighted by molar-refractivity contribution is -0.121. The first-order valence-electron chi connectivity index (χ1n) is 7.12. The Bertz CT molecular complexity index is 908. The first kappa shape index (κ1) is 16.7. The van der Waals surface area contributed by atoms with Crippen LogP contribution < -0.4 is 10.6 Å². The quantitative estimate of drug-likeness (QED) is 0.662. The summed E-state index contributed by atoms with van der Waals surface area (Å²) in [5.74, 6) is -2.67. The van der Waals surface area contributed by atoms with Gasteiger partial charge in [0.1, 0.15) is 0 Å².